The van der Waals surface area contributed by atoms with Crippen LogP contribution in [-0.4, -0.2) is 41.2 Å². The third-order valence-corrected chi connectivity index (χ3v) is 4.67. The second-order valence-electron chi connectivity index (χ2n) is 5.36. The Kier molecular flexibility index (Phi) is 6.12. The quantitative estimate of drug-likeness (QED) is 0.730. The van der Waals surface area contributed by atoms with E-state index in [1.807, 2.05) is 0 Å². The van der Waals surface area contributed by atoms with Gasteiger partial charge in [-0.1, -0.05) is 13.8 Å². The highest BCUT2D eigenvalue weighted by atomic mass is 32.1. The Morgan fingerprint density at radius 2 is 2.09 bits per heavy atom. The number of Topliss-reactive ketones (excluding diaryl/α,β-unsaturated/α-hetero) is 1. The lowest BCUT2D eigenvalue weighted by atomic mass is 10.1. The summed E-state index contributed by atoms with van der Waals surface area (Å²) in [6, 6.07) is 3.85. The summed E-state index contributed by atoms with van der Waals surface area (Å²) in [7, 11) is 0. The number of H-pyrrole nitrogens is 1. The highest BCUT2D eigenvalue weighted by Gasteiger charge is 2.20. The van der Waals surface area contributed by atoms with E-state index in [1.165, 1.54) is 12.5 Å². The van der Waals surface area contributed by atoms with E-state index in [9.17, 15) is 9.59 Å². The normalized spacial score (nSPS) is 12.3. The van der Waals surface area contributed by atoms with Crippen LogP contribution in [0.4, 0.5) is 0 Å². The Balaban J connectivity index is 2.05. The van der Waals surface area contributed by atoms with E-state index in [1.54, 1.807) is 23.6 Å². The maximum Gasteiger partial charge on any atom is 0.267 e. The van der Waals surface area contributed by atoms with Gasteiger partial charge in [-0.25, -0.2) is 0 Å². The summed E-state index contributed by atoms with van der Waals surface area (Å²) in [5, 5.41) is 7.15. The number of ketones is 1. The molecular formula is C17H23N3O2S. The standard InChI is InChI=1S/C17H23N3O2S/c1-4-20(5-2)16(13-6-7-23-11-13)10-19-17(22)15-8-14(9-18-15)12(3)21/h6-9,11,16,18H,4-5,10H2,1-3H3,(H,19,22). The van der Waals surface area contributed by atoms with Gasteiger partial charge in [-0.3, -0.25) is 14.5 Å². The summed E-state index contributed by atoms with van der Waals surface area (Å²) in [6.07, 6.45) is 1.57. The molecule has 2 heterocycles. The Hall–Kier alpha value is -1.92. The van der Waals surface area contributed by atoms with Crippen LogP contribution in [0.2, 0.25) is 0 Å². The summed E-state index contributed by atoms with van der Waals surface area (Å²) >= 11 is 1.66. The van der Waals surface area contributed by atoms with Crippen molar-refractivity contribution >= 4 is 23.0 Å². The molecule has 1 unspecified atom stereocenters. The number of carbonyl (C=O) groups is 2. The Morgan fingerprint density at radius 3 is 2.61 bits per heavy atom. The van der Waals surface area contributed by atoms with E-state index in [-0.39, 0.29) is 17.7 Å². The van der Waals surface area contributed by atoms with E-state index in [4.69, 9.17) is 0 Å². The molecular weight excluding hydrogens is 310 g/mol. The van der Waals surface area contributed by atoms with Crippen LogP contribution in [0.1, 0.15) is 53.2 Å². The summed E-state index contributed by atoms with van der Waals surface area (Å²) in [5.74, 6) is -0.246. The average Bonchev–Trinajstić information content (AvgIpc) is 3.22. The first kappa shape index (κ1) is 17.4. The number of carbonyl (C=O) groups excluding carboxylic acids is 2. The average molecular weight is 333 g/mol. The molecule has 0 saturated heterocycles. The summed E-state index contributed by atoms with van der Waals surface area (Å²) in [5.41, 5.74) is 2.15. The lowest BCUT2D eigenvalue weighted by Crippen LogP contribution is -2.38. The van der Waals surface area contributed by atoms with E-state index in [2.05, 4.69) is 45.9 Å². The number of aromatic nitrogens is 1. The highest BCUT2D eigenvalue weighted by molar-refractivity contribution is 7.07. The van der Waals surface area contributed by atoms with Crippen LogP contribution in [0.15, 0.2) is 29.1 Å². The Labute approximate surface area is 140 Å². The van der Waals surface area contributed by atoms with Gasteiger partial charge in [0, 0.05) is 18.3 Å². The first-order chi connectivity index (χ1) is 11.1. The molecule has 0 aliphatic rings. The minimum absolute atomic E-state index is 0.0559. The summed E-state index contributed by atoms with van der Waals surface area (Å²) in [4.78, 5) is 28.8. The lowest BCUT2D eigenvalue weighted by molar-refractivity contribution is 0.0930. The number of rotatable bonds is 8. The molecule has 2 aromatic rings. The van der Waals surface area contributed by atoms with Crippen molar-refractivity contribution < 1.29 is 9.59 Å². The number of aromatic amines is 1. The number of nitrogens with zero attached hydrogens (tertiary/aromatic N) is 1. The van der Waals surface area contributed by atoms with Crippen molar-refractivity contribution in [3.8, 4) is 0 Å². The first-order valence-electron chi connectivity index (χ1n) is 7.80. The zero-order valence-corrected chi connectivity index (χ0v) is 14.6. The molecule has 0 fully saturated rings. The van der Waals surface area contributed by atoms with Crippen molar-refractivity contribution in [2.24, 2.45) is 0 Å². The van der Waals surface area contributed by atoms with Gasteiger partial charge in [0.25, 0.3) is 5.91 Å². The van der Waals surface area contributed by atoms with Crippen LogP contribution in [0.3, 0.4) is 0 Å². The molecule has 1 atom stereocenters. The second-order valence-corrected chi connectivity index (χ2v) is 6.14. The van der Waals surface area contributed by atoms with Gasteiger partial charge in [-0.15, -0.1) is 0 Å². The molecule has 5 nitrogen and oxygen atoms in total. The van der Waals surface area contributed by atoms with Gasteiger partial charge in [0.2, 0.25) is 0 Å². The largest absolute Gasteiger partial charge is 0.356 e. The van der Waals surface area contributed by atoms with Gasteiger partial charge in [0.1, 0.15) is 5.69 Å². The summed E-state index contributed by atoms with van der Waals surface area (Å²) in [6.45, 7) is 8.10. The van der Waals surface area contributed by atoms with Gasteiger partial charge < -0.3 is 10.3 Å². The number of amides is 1. The number of nitrogens with one attached hydrogen (secondary N) is 2. The van der Waals surface area contributed by atoms with Crippen molar-refractivity contribution in [2.75, 3.05) is 19.6 Å². The second kappa shape index (κ2) is 8.08. The molecule has 2 aromatic heterocycles. The smallest absolute Gasteiger partial charge is 0.267 e. The van der Waals surface area contributed by atoms with Crippen molar-refractivity contribution in [1.82, 2.24) is 15.2 Å². The highest BCUT2D eigenvalue weighted by Crippen LogP contribution is 2.22. The maximum atomic E-state index is 12.3. The monoisotopic (exact) mass is 333 g/mol. The molecule has 0 aromatic carbocycles. The SMILES string of the molecule is CCN(CC)C(CNC(=O)c1cc(C(C)=O)c[nH]1)c1ccsc1. The minimum atomic E-state index is -0.190. The fraction of sp³-hybridized carbons (Fsp3) is 0.412. The predicted molar refractivity (Wildman–Crippen MR) is 93.1 cm³/mol. The third-order valence-electron chi connectivity index (χ3n) is 3.97. The molecule has 6 heteroatoms. The van der Waals surface area contributed by atoms with Crippen molar-refractivity contribution in [3.63, 3.8) is 0 Å². The Bertz CT molecular complexity index is 645. The van der Waals surface area contributed by atoms with Crippen LogP contribution < -0.4 is 5.32 Å². The van der Waals surface area contributed by atoms with E-state index >= 15 is 0 Å². The Morgan fingerprint density at radius 1 is 1.35 bits per heavy atom. The fourth-order valence-corrected chi connectivity index (χ4v) is 3.31. The molecule has 2 rings (SSSR count). The van der Waals surface area contributed by atoms with E-state index in [0.29, 0.717) is 17.8 Å². The van der Waals surface area contributed by atoms with Gasteiger partial charge in [-0.2, -0.15) is 11.3 Å². The molecule has 0 spiro atoms. The minimum Gasteiger partial charge on any atom is -0.356 e. The molecule has 124 valence electrons. The lowest BCUT2D eigenvalue weighted by Gasteiger charge is -2.29. The van der Waals surface area contributed by atoms with E-state index < -0.39 is 0 Å². The molecule has 0 radical (unpaired) electrons. The van der Waals surface area contributed by atoms with Gasteiger partial charge in [0.15, 0.2) is 5.78 Å². The number of hydrogen-bond acceptors (Lipinski definition) is 4. The molecule has 0 aliphatic carbocycles. The zero-order valence-electron chi connectivity index (χ0n) is 13.8. The van der Waals surface area contributed by atoms with Crippen LogP contribution >= 0.6 is 11.3 Å². The van der Waals surface area contributed by atoms with Crippen molar-refractivity contribution in [2.45, 2.75) is 26.8 Å². The van der Waals surface area contributed by atoms with Crippen molar-refractivity contribution in [3.05, 3.63) is 45.9 Å². The van der Waals surface area contributed by atoms with Crippen molar-refractivity contribution in [1.29, 1.82) is 0 Å². The number of thiophene rings is 1. The van der Waals surface area contributed by atoms with Crippen LogP contribution in [0.25, 0.3) is 0 Å². The third kappa shape index (κ3) is 4.30. The summed E-state index contributed by atoms with van der Waals surface area (Å²) < 4.78 is 0. The zero-order chi connectivity index (χ0) is 16.8. The molecule has 23 heavy (non-hydrogen) atoms. The number of hydrogen-bond donors (Lipinski definition) is 2. The van der Waals surface area contributed by atoms with Crippen LogP contribution in [0, 0.1) is 0 Å². The van der Waals surface area contributed by atoms with Gasteiger partial charge in [-0.05, 0) is 48.5 Å². The molecule has 2 N–H and O–H groups in total. The predicted octanol–water partition coefficient (Wildman–Crippen LogP) is 3.09. The first-order valence-corrected chi connectivity index (χ1v) is 8.74. The molecule has 1 amide bonds. The molecule has 0 aliphatic heterocycles. The van der Waals surface area contributed by atoms with Crippen LogP contribution in [0.5, 0.6) is 0 Å². The molecule has 0 bridgehead atoms. The van der Waals surface area contributed by atoms with Gasteiger partial charge in [0.05, 0.1) is 6.04 Å². The van der Waals surface area contributed by atoms with Crippen LogP contribution in [-0.2, 0) is 0 Å². The molecule has 0 saturated carbocycles. The van der Waals surface area contributed by atoms with Gasteiger partial charge >= 0.3 is 0 Å². The fourth-order valence-electron chi connectivity index (χ4n) is 2.60. The topological polar surface area (TPSA) is 65.2 Å². The maximum absolute atomic E-state index is 12.3. The van der Waals surface area contributed by atoms with E-state index in [0.717, 1.165) is 13.1 Å². The number of likely N-dealkylation sites (N-methyl/N-ethyl adjacent to an activating group) is 1.